The van der Waals surface area contributed by atoms with Crippen molar-refractivity contribution < 1.29 is 14.3 Å². The van der Waals surface area contributed by atoms with E-state index in [4.69, 9.17) is 9.47 Å². The number of imidazole rings is 1. The minimum Gasteiger partial charge on any atom is -0.494 e. The number of nitrogens with zero attached hydrogens (tertiary/aromatic N) is 3. The maximum Gasteiger partial charge on any atom is 0.337 e. The number of carbonyl (C=O) groups excluding carboxylic acids is 1. The molecule has 2 aromatic rings. The zero-order valence-electron chi connectivity index (χ0n) is 16.9. The van der Waals surface area contributed by atoms with Crippen LogP contribution in [0, 0.1) is 0 Å². The van der Waals surface area contributed by atoms with Gasteiger partial charge in [-0.25, -0.2) is 14.2 Å². The lowest BCUT2D eigenvalue weighted by atomic mass is 10.2. The minimum absolute atomic E-state index is 0.00163. The smallest absolute Gasteiger partial charge is 0.337 e. The Balaban J connectivity index is 1.96. The molecule has 1 aliphatic heterocycles. The van der Waals surface area contributed by atoms with Gasteiger partial charge < -0.3 is 14.8 Å². The standard InChI is InChI=1S/C20H30N4O4/c1-4-6-15(2)21-19(25)24-16-7-5-8-17(27-3)18(16)23(20(24)26)10-9-22-11-13-28-14-12-22/h5,7-8,15H,4,6,9-14H2,1-3H3,(H,21,25)/t15-/m0/s1. The molecule has 1 aromatic carbocycles. The number of hydrogen-bond acceptors (Lipinski definition) is 5. The summed E-state index contributed by atoms with van der Waals surface area (Å²) in [4.78, 5) is 28.3. The second-order valence-electron chi connectivity index (χ2n) is 7.19. The quantitative estimate of drug-likeness (QED) is 0.781. The third-order valence-corrected chi connectivity index (χ3v) is 5.17. The molecule has 154 valence electrons. The minimum atomic E-state index is -0.394. The van der Waals surface area contributed by atoms with Crippen molar-refractivity contribution in [1.29, 1.82) is 0 Å². The van der Waals surface area contributed by atoms with Gasteiger partial charge in [0.05, 0.1) is 25.8 Å². The van der Waals surface area contributed by atoms with Crippen LogP contribution in [0.15, 0.2) is 23.0 Å². The predicted octanol–water partition coefficient (Wildman–Crippen LogP) is 1.89. The Kier molecular flexibility index (Phi) is 6.74. The fourth-order valence-corrected chi connectivity index (χ4v) is 3.70. The Morgan fingerprint density at radius 3 is 2.71 bits per heavy atom. The molecule has 3 rings (SSSR count). The maximum atomic E-state index is 13.2. The molecule has 1 aromatic heterocycles. The van der Waals surface area contributed by atoms with Crippen LogP contribution in [-0.4, -0.2) is 66.1 Å². The molecule has 0 radical (unpaired) electrons. The van der Waals surface area contributed by atoms with Gasteiger partial charge in [0.1, 0.15) is 11.3 Å². The van der Waals surface area contributed by atoms with Crippen molar-refractivity contribution in [1.82, 2.24) is 19.4 Å². The number of para-hydroxylation sites is 1. The number of hydrogen-bond donors (Lipinski definition) is 1. The van der Waals surface area contributed by atoms with Crippen molar-refractivity contribution >= 4 is 17.1 Å². The molecule has 1 saturated heterocycles. The Morgan fingerprint density at radius 2 is 2.04 bits per heavy atom. The summed E-state index contributed by atoms with van der Waals surface area (Å²) in [6, 6.07) is 5.01. The molecule has 0 spiro atoms. The molecule has 1 atom stereocenters. The summed E-state index contributed by atoms with van der Waals surface area (Å²) < 4.78 is 13.7. The van der Waals surface area contributed by atoms with Gasteiger partial charge in [0, 0.05) is 32.2 Å². The van der Waals surface area contributed by atoms with Gasteiger partial charge in [-0.3, -0.25) is 9.47 Å². The van der Waals surface area contributed by atoms with E-state index in [1.807, 2.05) is 13.0 Å². The number of fused-ring (bicyclic) bond motifs is 1. The average Bonchev–Trinajstić information content (AvgIpc) is 2.98. The Bertz CT molecular complexity index is 867. The first-order valence-corrected chi connectivity index (χ1v) is 9.96. The second-order valence-corrected chi connectivity index (χ2v) is 7.19. The predicted molar refractivity (Wildman–Crippen MR) is 108 cm³/mol. The number of nitrogens with one attached hydrogen (secondary N) is 1. The van der Waals surface area contributed by atoms with Crippen LogP contribution in [0.1, 0.15) is 26.7 Å². The summed E-state index contributed by atoms with van der Waals surface area (Å²) in [5, 5.41) is 2.93. The molecular weight excluding hydrogens is 360 g/mol. The third-order valence-electron chi connectivity index (χ3n) is 5.17. The molecule has 2 heterocycles. The summed E-state index contributed by atoms with van der Waals surface area (Å²) in [5.74, 6) is 0.588. The molecule has 8 heteroatoms. The topological polar surface area (TPSA) is 77.7 Å². The lowest BCUT2D eigenvalue weighted by molar-refractivity contribution is 0.0364. The summed E-state index contributed by atoms with van der Waals surface area (Å²) in [6.07, 6.45) is 1.82. The van der Waals surface area contributed by atoms with Crippen molar-refractivity contribution in [2.75, 3.05) is 40.0 Å². The van der Waals surface area contributed by atoms with Crippen LogP contribution in [0.5, 0.6) is 5.75 Å². The highest BCUT2D eigenvalue weighted by molar-refractivity contribution is 5.92. The van der Waals surface area contributed by atoms with Crippen LogP contribution < -0.4 is 15.7 Å². The second kappa shape index (κ2) is 9.25. The van der Waals surface area contributed by atoms with E-state index in [0.717, 1.165) is 25.9 Å². The van der Waals surface area contributed by atoms with Crippen molar-refractivity contribution in [3.05, 3.63) is 28.7 Å². The van der Waals surface area contributed by atoms with E-state index >= 15 is 0 Å². The van der Waals surface area contributed by atoms with E-state index < -0.39 is 6.03 Å². The van der Waals surface area contributed by atoms with Gasteiger partial charge in [-0.15, -0.1) is 0 Å². The van der Waals surface area contributed by atoms with Crippen molar-refractivity contribution in [2.24, 2.45) is 0 Å². The van der Waals surface area contributed by atoms with E-state index in [2.05, 4.69) is 17.1 Å². The number of carbonyl (C=O) groups is 1. The van der Waals surface area contributed by atoms with Crippen LogP contribution in [0.2, 0.25) is 0 Å². The molecule has 0 unspecified atom stereocenters. The summed E-state index contributed by atoms with van der Waals surface area (Å²) in [7, 11) is 1.58. The van der Waals surface area contributed by atoms with E-state index in [9.17, 15) is 9.59 Å². The van der Waals surface area contributed by atoms with Crippen LogP contribution in [-0.2, 0) is 11.3 Å². The first-order chi connectivity index (χ1) is 13.6. The molecule has 1 N–H and O–H groups in total. The summed E-state index contributed by atoms with van der Waals surface area (Å²) in [6.45, 7) is 8.32. The molecule has 0 bridgehead atoms. The first-order valence-electron chi connectivity index (χ1n) is 9.96. The van der Waals surface area contributed by atoms with Gasteiger partial charge in [0.25, 0.3) is 0 Å². The van der Waals surface area contributed by atoms with Gasteiger partial charge in [-0.05, 0) is 25.5 Å². The fraction of sp³-hybridized carbons (Fsp3) is 0.600. The van der Waals surface area contributed by atoms with Crippen molar-refractivity contribution in [2.45, 2.75) is 39.3 Å². The highest BCUT2D eigenvalue weighted by atomic mass is 16.5. The Labute approximate surface area is 165 Å². The number of benzene rings is 1. The maximum absolute atomic E-state index is 13.2. The highest BCUT2D eigenvalue weighted by Crippen LogP contribution is 2.24. The van der Waals surface area contributed by atoms with E-state index in [-0.39, 0.29) is 11.7 Å². The molecule has 1 amide bonds. The molecule has 1 aliphatic rings. The van der Waals surface area contributed by atoms with Crippen LogP contribution in [0.25, 0.3) is 11.0 Å². The van der Waals surface area contributed by atoms with Crippen LogP contribution >= 0.6 is 0 Å². The Morgan fingerprint density at radius 1 is 1.29 bits per heavy atom. The Hall–Kier alpha value is -2.32. The van der Waals surface area contributed by atoms with Gasteiger partial charge in [-0.1, -0.05) is 19.4 Å². The van der Waals surface area contributed by atoms with E-state index in [0.29, 0.717) is 43.1 Å². The number of ether oxygens (including phenoxy) is 2. The summed E-state index contributed by atoms with van der Waals surface area (Å²) in [5.41, 5.74) is 0.878. The van der Waals surface area contributed by atoms with Gasteiger partial charge in [0.2, 0.25) is 0 Å². The van der Waals surface area contributed by atoms with Crippen molar-refractivity contribution in [3.63, 3.8) is 0 Å². The van der Waals surface area contributed by atoms with E-state index in [1.54, 1.807) is 23.8 Å². The molecule has 1 fully saturated rings. The number of amides is 1. The van der Waals surface area contributed by atoms with E-state index in [1.165, 1.54) is 4.57 Å². The average molecular weight is 390 g/mol. The van der Waals surface area contributed by atoms with Crippen LogP contribution in [0.3, 0.4) is 0 Å². The molecule has 0 aliphatic carbocycles. The molecular formula is C20H30N4O4. The highest BCUT2D eigenvalue weighted by Gasteiger charge is 2.22. The third kappa shape index (κ3) is 4.23. The van der Waals surface area contributed by atoms with Gasteiger partial charge in [-0.2, -0.15) is 0 Å². The lowest BCUT2D eigenvalue weighted by Gasteiger charge is -2.26. The SMILES string of the molecule is CCC[C@H](C)NC(=O)n1c(=O)n(CCN2CCOCC2)c2c(OC)cccc21. The summed E-state index contributed by atoms with van der Waals surface area (Å²) >= 11 is 0. The van der Waals surface area contributed by atoms with Gasteiger partial charge >= 0.3 is 11.7 Å². The number of rotatable bonds is 7. The molecule has 8 nitrogen and oxygen atoms in total. The number of morpholine rings is 1. The van der Waals surface area contributed by atoms with Crippen molar-refractivity contribution in [3.8, 4) is 5.75 Å². The normalized spacial score (nSPS) is 16.2. The lowest BCUT2D eigenvalue weighted by Crippen LogP contribution is -2.42. The number of aromatic nitrogens is 2. The monoisotopic (exact) mass is 390 g/mol. The first kappa shape index (κ1) is 20.4. The van der Waals surface area contributed by atoms with Gasteiger partial charge in [0.15, 0.2) is 0 Å². The largest absolute Gasteiger partial charge is 0.494 e. The zero-order valence-corrected chi connectivity index (χ0v) is 16.9. The zero-order chi connectivity index (χ0) is 20.1. The fourth-order valence-electron chi connectivity index (χ4n) is 3.70. The molecule has 0 saturated carbocycles. The molecule has 28 heavy (non-hydrogen) atoms. The van der Waals surface area contributed by atoms with Crippen LogP contribution in [0.4, 0.5) is 4.79 Å². The number of methoxy groups -OCH3 is 1.